The van der Waals surface area contributed by atoms with Gasteiger partial charge in [-0.05, 0) is 46.8 Å². The number of carbonyl (C=O) groups is 2. The third-order valence-corrected chi connectivity index (χ3v) is 8.82. The van der Waals surface area contributed by atoms with E-state index in [1.54, 1.807) is 50.3 Å². The number of aliphatic hydroxyl groups excluding tert-OH is 2. The van der Waals surface area contributed by atoms with Gasteiger partial charge in [-0.1, -0.05) is 36.5 Å². The lowest BCUT2D eigenvalue weighted by Gasteiger charge is -2.55. The summed E-state index contributed by atoms with van der Waals surface area (Å²) in [6, 6.07) is 0. The zero-order chi connectivity index (χ0) is 25.8. The minimum Gasteiger partial charge on any atom is -0.508 e. The molecular weight excluding hydrogens is 452 g/mol. The van der Waals surface area contributed by atoms with Gasteiger partial charge < -0.3 is 29.9 Å². The Bertz CT molecular complexity index is 1200. The fourth-order valence-electron chi connectivity index (χ4n) is 7.40. The summed E-state index contributed by atoms with van der Waals surface area (Å²) in [5.41, 5.74) is -5.52. The lowest BCUT2D eigenvalue weighted by atomic mass is 9.43. The zero-order valence-corrected chi connectivity index (χ0v) is 20.3. The number of Topliss-reactive ketones (excluding diaryl/α,β-unsaturated/α-hetero) is 2. The molecule has 0 amide bonds. The molecule has 0 spiro atoms. The molecule has 8 heteroatoms. The van der Waals surface area contributed by atoms with E-state index >= 15 is 0 Å². The molecule has 5 fully saturated rings. The Morgan fingerprint density at radius 2 is 1.34 bits per heavy atom. The first-order valence-electron chi connectivity index (χ1n) is 11.7. The van der Waals surface area contributed by atoms with E-state index in [1.807, 2.05) is 0 Å². The second-order valence-electron chi connectivity index (χ2n) is 10.4. The molecule has 35 heavy (non-hydrogen) atoms. The van der Waals surface area contributed by atoms with Gasteiger partial charge in [0.05, 0.1) is 11.3 Å². The molecular formula is C27H30O8. The Hall–Kier alpha value is -2.78. The SMILES string of the molecule is CC=CC=CC(O)=C1C(=O)C2(C)C3C(=C(O)C=CC=CC)C(=O)C4C1C1(C)OC4(O)C3(C)OC12O. The number of ketones is 2. The lowest BCUT2D eigenvalue weighted by Crippen LogP contribution is -2.72. The van der Waals surface area contributed by atoms with Crippen LogP contribution in [0.2, 0.25) is 0 Å². The molecule has 186 valence electrons. The maximum absolute atomic E-state index is 14.2. The summed E-state index contributed by atoms with van der Waals surface area (Å²) in [5, 5.41) is 46.0. The van der Waals surface area contributed by atoms with Crippen molar-refractivity contribution < 1.29 is 39.5 Å². The molecule has 8 nitrogen and oxygen atoms in total. The highest BCUT2D eigenvalue weighted by atomic mass is 16.8. The van der Waals surface area contributed by atoms with Crippen molar-refractivity contribution in [1.82, 2.24) is 0 Å². The van der Waals surface area contributed by atoms with Gasteiger partial charge in [-0.25, -0.2) is 0 Å². The number of aliphatic hydroxyl groups is 4. The standard InChI is InChI=1S/C27H30O8/c1-6-8-10-12-14(28)16-18-19-20(30)17(15(29)13-11-9-7-2)21-23(3,22(16)31)27(33)24(18,4)34-26(19,32)25(21,5)35-27/h6-13,18-19,21,28-29,32-33H,1-5H3. The Morgan fingerprint density at radius 3 is 1.89 bits per heavy atom. The predicted octanol–water partition coefficient (Wildman–Crippen LogP) is 2.86. The maximum atomic E-state index is 14.2. The molecule has 5 aliphatic rings. The number of rotatable bonds is 4. The molecule has 5 rings (SSSR count). The minimum absolute atomic E-state index is 0.102. The van der Waals surface area contributed by atoms with E-state index in [2.05, 4.69) is 0 Å². The van der Waals surface area contributed by atoms with Crippen LogP contribution in [0.5, 0.6) is 0 Å². The zero-order valence-electron chi connectivity index (χ0n) is 20.3. The van der Waals surface area contributed by atoms with Crippen molar-refractivity contribution in [1.29, 1.82) is 0 Å². The Labute approximate surface area is 203 Å². The molecule has 3 saturated carbocycles. The molecule has 8 bridgehead atoms. The summed E-state index contributed by atoms with van der Waals surface area (Å²) in [6.45, 7) is 8.01. The van der Waals surface area contributed by atoms with Crippen LogP contribution in [0.3, 0.4) is 0 Å². The Balaban J connectivity index is 1.88. The quantitative estimate of drug-likeness (QED) is 0.273. The summed E-state index contributed by atoms with van der Waals surface area (Å²) in [7, 11) is 0. The molecule has 3 aliphatic carbocycles. The first-order valence-corrected chi connectivity index (χ1v) is 11.7. The van der Waals surface area contributed by atoms with Crippen molar-refractivity contribution >= 4 is 11.6 Å². The number of ether oxygens (including phenoxy) is 2. The van der Waals surface area contributed by atoms with Crippen molar-refractivity contribution in [2.45, 2.75) is 57.4 Å². The number of hydrogen-bond donors (Lipinski definition) is 4. The molecule has 0 aromatic carbocycles. The Kier molecular flexibility index (Phi) is 4.73. The highest BCUT2D eigenvalue weighted by Crippen LogP contribution is 2.80. The molecule has 2 saturated heterocycles. The smallest absolute Gasteiger partial charge is 0.210 e. The van der Waals surface area contributed by atoms with Crippen LogP contribution < -0.4 is 0 Å². The van der Waals surface area contributed by atoms with Crippen LogP contribution in [0.15, 0.2) is 71.3 Å². The van der Waals surface area contributed by atoms with Gasteiger partial charge in [-0.2, -0.15) is 0 Å². The van der Waals surface area contributed by atoms with Crippen LogP contribution in [0, 0.1) is 23.2 Å². The van der Waals surface area contributed by atoms with Gasteiger partial charge in [0.2, 0.25) is 11.6 Å². The van der Waals surface area contributed by atoms with Crippen LogP contribution >= 0.6 is 0 Å². The molecule has 2 aliphatic heterocycles. The topological polar surface area (TPSA) is 134 Å². The first kappa shape index (κ1) is 23.9. The predicted molar refractivity (Wildman–Crippen MR) is 125 cm³/mol. The van der Waals surface area contributed by atoms with E-state index in [0.717, 1.165) is 0 Å². The van der Waals surface area contributed by atoms with Crippen LogP contribution in [0.4, 0.5) is 0 Å². The van der Waals surface area contributed by atoms with Crippen LogP contribution in [-0.2, 0) is 19.1 Å². The van der Waals surface area contributed by atoms with E-state index in [9.17, 15) is 30.0 Å². The van der Waals surface area contributed by atoms with Crippen molar-refractivity contribution in [3.63, 3.8) is 0 Å². The monoisotopic (exact) mass is 482 g/mol. The average molecular weight is 483 g/mol. The Morgan fingerprint density at radius 1 is 0.800 bits per heavy atom. The van der Waals surface area contributed by atoms with Gasteiger partial charge in [0.25, 0.3) is 0 Å². The van der Waals surface area contributed by atoms with Gasteiger partial charge in [0.1, 0.15) is 22.7 Å². The van der Waals surface area contributed by atoms with Gasteiger partial charge >= 0.3 is 0 Å². The van der Waals surface area contributed by atoms with E-state index in [0.29, 0.717) is 0 Å². The van der Waals surface area contributed by atoms with Crippen molar-refractivity contribution in [2.24, 2.45) is 23.2 Å². The summed E-state index contributed by atoms with van der Waals surface area (Å²) < 4.78 is 12.3. The van der Waals surface area contributed by atoms with Gasteiger partial charge in [-0.15, -0.1) is 0 Å². The number of allylic oxidation sites excluding steroid dienone is 8. The van der Waals surface area contributed by atoms with Crippen LogP contribution in [0.25, 0.3) is 0 Å². The third-order valence-electron chi connectivity index (χ3n) is 8.82. The minimum atomic E-state index is -2.24. The largest absolute Gasteiger partial charge is 0.508 e. The lowest BCUT2D eigenvalue weighted by molar-refractivity contribution is -0.445. The van der Waals surface area contributed by atoms with Crippen LogP contribution in [0.1, 0.15) is 34.6 Å². The van der Waals surface area contributed by atoms with Crippen molar-refractivity contribution in [3.8, 4) is 0 Å². The highest BCUT2D eigenvalue weighted by molar-refractivity contribution is 6.12. The van der Waals surface area contributed by atoms with Crippen molar-refractivity contribution in [3.05, 3.63) is 71.3 Å². The average Bonchev–Trinajstić information content (AvgIpc) is 3.14. The molecule has 2 heterocycles. The molecule has 8 unspecified atom stereocenters. The highest BCUT2D eigenvalue weighted by Gasteiger charge is 2.96. The van der Waals surface area contributed by atoms with Crippen LogP contribution in [-0.4, -0.2) is 54.8 Å². The van der Waals surface area contributed by atoms with E-state index in [-0.39, 0.29) is 22.7 Å². The van der Waals surface area contributed by atoms with Gasteiger partial charge in [0, 0.05) is 23.0 Å². The molecule has 0 radical (unpaired) electrons. The molecule has 4 N–H and O–H groups in total. The molecule has 0 aromatic heterocycles. The van der Waals surface area contributed by atoms with Gasteiger partial charge in [-0.3, -0.25) is 9.59 Å². The van der Waals surface area contributed by atoms with E-state index in [1.165, 1.54) is 32.9 Å². The maximum Gasteiger partial charge on any atom is 0.210 e. The molecule has 0 aromatic rings. The fraction of sp³-hybridized carbons (Fsp3) is 0.481. The summed E-state index contributed by atoms with van der Waals surface area (Å²) in [6.07, 6.45) is 12.6. The van der Waals surface area contributed by atoms with Gasteiger partial charge in [0.15, 0.2) is 11.6 Å². The number of hydrogen-bond acceptors (Lipinski definition) is 8. The third kappa shape index (κ3) is 2.28. The van der Waals surface area contributed by atoms with Crippen molar-refractivity contribution in [2.75, 3.05) is 0 Å². The van der Waals surface area contributed by atoms with E-state index in [4.69, 9.17) is 9.47 Å². The number of carbonyl (C=O) groups excluding carboxylic acids is 2. The fourth-order valence-corrected chi connectivity index (χ4v) is 7.40. The first-order chi connectivity index (χ1) is 16.3. The second kappa shape index (κ2) is 6.91. The van der Waals surface area contributed by atoms with E-state index < -0.39 is 57.5 Å². The summed E-state index contributed by atoms with van der Waals surface area (Å²) in [5.74, 6) is -10.3. The normalized spacial score (nSPS) is 50.8. The summed E-state index contributed by atoms with van der Waals surface area (Å²) in [4.78, 5) is 28.2. The second-order valence-corrected chi connectivity index (χ2v) is 10.4. The summed E-state index contributed by atoms with van der Waals surface area (Å²) >= 11 is 0. The molecule has 8 atom stereocenters.